The Morgan fingerprint density at radius 3 is 2.48 bits per heavy atom. The molecule has 0 aliphatic carbocycles. The molecule has 0 aromatic heterocycles. The summed E-state index contributed by atoms with van der Waals surface area (Å²) in [6.45, 7) is 3.47. The van der Waals surface area contributed by atoms with Crippen LogP contribution in [0.5, 0.6) is 0 Å². The lowest BCUT2D eigenvalue weighted by Crippen LogP contribution is -2.49. The van der Waals surface area contributed by atoms with Crippen LogP contribution in [0.25, 0.3) is 0 Å². The van der Waals surface area contributed by atoms with E-state index < -0.39 is 4.92 Å². The minimum atomic E-state index is -0.398. The lowest BCUT2D eigenvalue weighted by molar-refractivity contribution is -0.384. The molecule has 1 amide bonds. The minimum absolute atomic E-state index is 0.0788. The van der Waals surface area contributed by atoms with E-state index >= 15 is 0 Å². The van der Waals surface area contributed by atoms with Crippen molar-refractivity contribution in [2.24, 2.45) is 0 Å². The van der Waals surface area contributed by atoms with Gasteiger partial charge in [-0.25, -0.2) is 4.39 Å². The van der Waals surface area contributed by atoms with Gasteiger partial charge in [0.05, 0.1) is 11.5 Å². The molecule has 1 saturated heterocycles. The van der Waals surface area contributed by atoms with E-state index in [1.807, 2.05) is 11.0 Å². The van der Waals surface area contributed by atoms with Crippen molar-refractivity contribution in [2.75, 3.05) is 37.6 Å². The number of halogens is 1. The summed E-state index contributed by atoms with van der Waals surface area (Å²) in [5, 5.41) is 13.7. The minimum Gasteiger partial charge on any atom is -0.369 e. The Labute approximate surface area is 156 Å². The van der Waals surface area contributed by atoms with Gasteiger partial charge in [0.15, 0.2) is 0 Å². The molecule has 3 rings (SSSR count). The van der Waals surface area contributed by atoms with Crippen molar-refractivity contribution in [1.29, 1.82) is 0 Å². The fourth-order valence-corrected chi connectivity index (χ4v) is 3.03. The number of nitro benzene ring substituents is 1. The third-order valence-electron chi connectivity index (χ3n) is 4.55. The van der Waals surface area contributed by atoms with E-state index in [0.29, 0.717) is 39.3 Å². The van der Waals surface area contributed by atoms with E-state index in [2.05, 4.69) is 10.2 Å². The Balaban J connectivity index is 1.45. The molecule has 0 saturated carbocycles. The average Bonchev–Trinajstić information content (AvgIpc) is 2.68. The van der Waals surface area contributed by atoms with Gasteiger partial charge in [0.25, 0.3) is 5.69 Å². The first-order chi connectivity index (χ1) is 13.0. The standard InChI is InChI=1S/C19H21FN4O3/c20-16-6-4-15(5-7-16)13-21-19(25)14-22-8-10-23(11-9-22)17-2-1-3-18(12-17)24(26)27/h1-7,12H,8-11,13-14H2,(H,21,25). The Morgan fingerprint density at radius 2 is 1.81 bits per heavy atom. The van der Waals surface area contributed by atoms with E-state index in [4.69, 9.17) is 0 Å². The second-order valence-corrected chi connectivity index (χ2v) is 6.44. The number of carbonyl (C=O) groups is 1. The third kappa shape index (κ3) is 5.24. The number of hydrogen-bond donors (Lipinski definition) is 1. The molecule has 1 aliphatic rings. The van der Waals surface area contributed by atoms with E-state index in [0.717, 1.165) is 11.3 Å². The van der Waals surface area contributed by atoms with Crippen LogP contribution in [-0.2, 0) is 11.3 Å². The predicted molar refractivity (Wildman–Crippen MR) is 100.0 cm³/mol. The Morgan fingerprint density at radius 1 is 1.11 bits per heavy atom. The smallest absolute Gasteiger partial charge is 0.271 e. The van der Waals surface area contributed by atoms with Gasteiger partial charge in [-0.15, -0.1) is 0 Å². The maximum Gasteiger partial charge on any atom is 0.271 e. The molecular weight excluding hydrogens is 351 g/mol. The molecule has 0 atom stereocenters. The summed E-state index contributed by atoms with van der Waals surface area (Å²) in [6, 6.07) is 12.6. The number of nitro groups is 1. The summed E-state index contributed by atoms with van der Waals surface area (Å²) < 4.78 is 12.9. The highest BCUT2D eigenvalue weighted by atomic mass is 19.1. The van der Waals surface area contributed by atoms with Crippen LogP contribution in [0.1, 0.15) is 5.56 Å². The number of carbonyl (C=O) groups excluding carboxylic acids is 1. The number of hydrogen-bond acceptors (Lipinski definition) is 5. The Kier molecular flexibility index (Phi) is 5.97. The number of non-ortho nitro benzene ring substituents is 1. The number of anilines is 1. The average molecular weight is 372 g/mol. The van der Waals surface area contributed by atoms with Gasteiger partial charge in [-0.3, -0.25) is 19.8 Å². The molecule has 7 nitrogen and oxygen atoms in total. The molecular formula is C19H21FN4O3. The van der Waals surface area contributed by atoms with Crippen LogP contribution in [0.4, 0.5) is 15.8 Å². The summed E-state index contributed by atoms with van der Waals surface area (Å²) in [5.74, 6) is -0.380. The monoisotopic (exact) mass is 372 g/mol. The molecule has 2 aromatic rings. The Bertz CT molecular complexity index is 805. The topological polar surface area (TPSA) is 78.7 Å². The van der Waals surface area contributed by atoms with Gasteiger partial charge in [0.2, 0.25) is 5.91 Å². The number of piperazine rings is 1. The molecule has 0 bridgehead atoms. The highest BCUT2D eigenvalue weighted by Gasteiger charge is 2.20. The van der Waals surface area contributed by atoms with Crippen molar-refractivity contribution in [3.63, 3.8) is 0 Å². The molecule has 0 unspecified atom stereocenters. The van der Waals surface area contributed by atoms with Crippen molar-refractivity contribution < 1.29 is 14.1 Å². The molecule has 27 heavy (non-hydrogen) atoms. The first kappa shape index (κ1) is 18.8. The predicted octanol–water partition coefficient (Wildman–Crippen LogP) is 2.17. The maximum absolute atomic E-state index is 12.9. The SMILES string of the molecule is O=C(CN1CCN(c2cccc([N+](=O)[O-])c2)CC1)NCc1ccc(F)cc1. The summed E-state index contributed by atoms with van der Waals surface area (Å²) in [7, 11) is 0. The van der Waals surface area contributed by atoms with Gasteiger partial charge < -0.3 is 10.2 Å². The van der Waals surface area contributed by atoms with E-state index in [-0.39, 0.29) is 17.4 Å². The molecule has 1 fully saturated rings. The van der Waals surface area contributed by atoms with Crippen molar-refractivity contribution in [1.82, 2.24) is 10.2 Å². The van der Waals surface area contributed by atoms with Gasteiger partial charge in [-0.2, -0.15) is 0 Å². The summed E-state index contributed by atoms with van der Waals surface area (Å²) >= 11 is 0. The zero-order chi connectivity index (χ0) is 19.2. The highest BCUT2D eigenvalue weighted by molar-refractivity contribution is 5.78. The summed E-state index contributed by atoms with van der Waals surface area (Å²) in [6.07, 6.45) is 0. The van der Waals surface area contributed by atoms with Gasteiger partial charge in [0, 0.05) is 50.5 Å². The quantitative estimate of drug-likeness (QED) is 0.621. The second-order valence-electron chi connectivity index (χ2n) is 6.44. The maximum atomic E-state index is 12.9. The number of amides is 1. The molecule has 0 radical (unpaired) electrons. The van der Waals surface area contributed by atoms with Crippen LogP contribution in [0, 0.1) is 15.9 Å². The lowest BCUT2D eigenvalue weighted by Gasteiger charge is -2.35. The highest BCUT2D eigenvalue weighted by Crippen LogP contribution is 2.22. The Hall–Kier alpha value is -3.00. The van der Waals surface area contributed by atoms with Crippen LogP contribution < -0.4 is 10.2 Å². The number of nitrogens with zero attached hydrogens (tertiary/aromatic N) is 3. The van der Waals surface area contributed by atoms with Crippen LogP contribution >= 0.6 is 0 Å². The van der Waals surface area contributed by atoms with Crippen molar-refractivity contribution in [2.45, 2.75) is 6.54 Å². The third-order valence-corrected chi connectivity index (χ3v) is 4.55. The molecule has 8 heteroatoms. The van der Waals surface area contributed by atoms with Gasteiger partial charge in [-0.05, 0) is 23.8 Å². The molecule has 0 spiro atoms. The van der Waals surface area contributed by atoms with Crippen molar-refractivity contribution in [3.8, 4) is 0 Å². The molecule has 1 aliphatic heterocycles. The summed E-state index contributed by atoms with van der Waals surface area (Å²) in [5.41, 5.74) is 1.75. The molecule has 2 aromatic carbocycles. The van der Waals surface area contributed by atoms with Crippen molar-refractivity contribution >= 4 is 17.3 Å². The largest absolute Gasteiger partial charge is 0.369 e. The van der Waals surface area contributed by atoms with Gasteiger partial charge in [-0.1, -0.05) is 18.2 Å². The number of nitrogens with one attached hydrogen (secondary N) is 1. The second kappa shape index (κ2) is 8.59. The van der Waals surface area contributed by atoms with Crippen LogP contribution in [0.2, 0.25) is 0 Å². The molecule has 142 valence electrons. The fraction of sp³-hybridized carbons (Fsp3) is 0.316. The van der Waals surface area contributed by atoms with Crippen LogP contribution in [0.15, 0.2) is 48.5 Å². The van der Waals surface area contributed by atoms with Gasteiger partial charge in [0.1, 0.15) is 5.82 Å². The number of rotatable bonds is 6. The molecule has 1 heterocycles. The van der Waals surface area contributed by atoms with E-state index in [1.54, 1.807) is 24.3 Å². The van der Waals surface area contributed by atoms with Crippen LogP contribution in [0.3, 0.4) is 0 Å². The first-order valence-corrected chi connectivity index (χ1v) is 8.74. The molecule has 1 N–H and O–H groups in total. The summed E-state index contributed by atoms with van der Waals surface area (Å²) in [4.78, 5) is 26.7. The van der Waals surface area contributed by atoms with Crippen molar-refractivity contribution in [3.05, 3.63) is 70.0 Å². The first-order valence-electron chi connectivity index (χ1n) is 8.74. The zero-order valence-corrected chi connectivity index (χ0v) is 14.8. The van der Waals surface area contributed by atoms with E-state index in [1.165, 1.54) is 18.2 Å². The number of benzene rings is 2. The fourth-order valence-electron chi connectivity index (χ4n) is 3.03. The zero-order valence-electron chi connectivity index (χ0n) is 14.8. The van der Waals surface area contributed by atoms with E-state index in [9.17, 15) is 19.3 Å². The normalized spacial score (nSPS) is 14.8. The lowest BCUT2D eigenvalue weighted by atomic mass is 10.2. The van der Waals surface area contributed by atoms with Gasteiger partial charge >= 0.3 is 0 Å². The van der Waals surface area contributed by atoms with Crippen LogP contribution in [-0.4, -0.2) is 48.5 Å².